The average Bonchev–Trinajstić information content (AvgIpc) is 2.39. The molecule has 1 fully saturated rings. The Hall–Kier alpha value is -2.41. The van der Waals surface area contributed by atoms with Crippen LogP contribution in [0.5, 0.6) is 0 Å². The summed E-state index contributed by atoms with van der Waals surface area (Å²) < 4.78 is 13.4. The van der Waals surface area contributed by atoms with Crippen LogP contribution in [-0.2, 0) is 0 Å². The number of halogens is 1. The van der Waals surface area contributed by atoms with Crippen molar-refractivity contribution >= 4 is 17.6 Å². The van der Waals surface area contributed by atoms with Crippen LogP contribution in [0.2, 0.25) is 0 Å². The van der Waals surface area contributed by atoms with Crippen molar-refractivity contribution in [1.82, 2.24) is 15.3 Å². The highest BCUT2D eigenvalue weighted by Gasteiger charge is 2.30. The van der Waals surface area contributed by atoms with E-state index in [4.69, 9.17) is 11.5 Å². The van der Waals surface area contributed by atoms with Gasteiger partial charge in [0.25, 0.3) is 0 Å². The highest BCUT2D eigenvalue weighted by atomic mass is 19.1. The van der Waals surface area contributed by atoms with Crippen molar-refractivity contribution in [3.8, 4) is 11.1 Å². The van der Waals surface area contributed by atoms with Crippen LogP contribution in [0.1, 0.15) is 5.56 Å². The number of hydrogen-bond donors (Lipinski definition) is 3. The Morgan fingerprint density at radius 2 is 2.00 bits per heavy atom. The second-order valence-electron chi connectivity index (χ2n) is 5.52. The number of aromatic nitrogens is 2. The first-order chi connectivity index (χ1) is 10.5. The first-order valence-corrected chi connectivity index (χ1v) is 7.11. The number of nitrogens with two attached hydrogens (primary N) is 2. The third-order valence-corrected chi connectivity index (χ3v) is 3.98. The second-order valence-corrected chi connectivity index (χ2v) is 5.52. The standard InChI is InChI=1S/C15H19FN6/c1-8-5-9(16)3-4-11(8)12-13(17)20-15(18)21-14(12)22-6-10(7-22)19-2/h3-5,10,19H,6-7H2,1-2H3,(H4,17,18,20,21). The van der Waals surface area contributed by atoms with Crippen molar-refractivity contribution in [1.29, 1.82) is 0 Å². The predicted octanol–water partition coefficient (Wildman–Crippen LogP) is 1.16. The molecule has 0 atom stereocenters. The highest BCUT2D eigenvalue weighted by Crippen LogP contribution is 2.37. The molecule has 1 aromatic heterocycles. The first kappa shape index (κ1) is 14.5. The Balaban J connectivity index is 2.10. The molecule has 116 valence electrons. The second kappa shape index (κ2) is 5.42. The molecule has 0 spiro atoms. The van der Waals surface area contributed by atoms with Gasteiger partial charge in [0.15, 0.2) is 0 Å². The number of nitrogens with zero attached hydrogens (tertiary/aromatic N) is 3. The third kappa shape index (κ3) is 2.43. The molecule has 0 saturated carbocycles. The maximum absolute atomic E-state index is 13.4. The summed E-state index contributed by atoms with van der Waals surface area (Å²) in [5.74, 6) is 0.872. The third-order valence-electron chi connectivity index (χ3n) is 3.98. The van der Waals surface area contributed by atoms with Gasteiger partial charge in [-0.25, -0.2) is 4.39 Å². The minimum absolute atomic E-state index is 0.143. The van der Waals surface area contributed by atoms with E-state index in [0.717, 1.165) is 24.2 Å². The molecule has 1 aliphatic heterocycles. The quantitative estimate of drug-likeness (QED) is 0.788. The first-order valence-electron chi connectivity index (χ1n) is 7.11. The van der Waals surface area contributed by atoms with Crippen LogP contribution in [0.4, 0.5) is 22.0 Å². The van der Waals surface area contributed by atoms with Crippen molar-refractivity contribution in [3.05, 3.63) is 29.6 Å². The molecule has 2 aromatic rings. The van der Waals surface area contributed by atoms with E-state index in [-0.39, 0.29) is 11.8 Å². The van der Waals surface area contributed by atoms with E-state index < -0.39 is 0 Å². The van der Waals surface area contributed by atoms with Gasteiger partial charge in [-0.15, -0.1) is 0 Å². The molecule has 5 N–H and O–H groups in total. The van der Waals surface area contributed by atoms with E-state index >= 15 is 0 Å². The largest absolute Gasteiger partial charge is 0.383 e. The molecule has 0 bridgehead atoms. The monoisotopic (exact) mass is 302 g/mol. The fraction of sp³-hybridized carbons (Fsp3) is 0.333. The van der Waals surface area contributed by atoms with E-state index in [0.29, 0.717) is 23.2 Å². The molecular weight excluding hydrogens is 283 g/mol. The smallest absolute Gasteiger partial charge is 0.223 e. The van der Waals surface area contributed by atoms with Gasteiger partial charge in [-0.2, -0.15) is 9.97 Å². The van der Waals surface area contributed by atoms with Crippen molar-refractivity contribution in [2.45, 2.75) is 13.0 Å². The SMILES string of the molecule is CNC1CN(c2nc(N)nc(N)c2-c2ccc(F)cc2C)C1. The number of hydrogen-bond acceptors (Lipinski definition) is 6. The molecule has 2 heterocycles. The molecule has 7 heteroatoms. The van der Waals surface area contributed by atoms with Crippen molar-refractivity contribution in [2.24, 2.45) is 0 Å². The summed E-state index contributed by atoms with van der Waals surface area (Å²) in [7, 11) is 1.93. The Morgan fingerprint density at radius 1 is 1.27 bits per heavy atom. The summed E-state index contributed by atoms with van der Waals surface area (Å²) in [6.07, 6.45) is 0. The zero-order valence-electron chi connectivity index (χ0n) is 12.6. The van der Waals surface area contributed by atoms with Gasteiger partial charge in [0.1, 0.15) is 17.5 Å². The lowest BCUT2D eigenvalue weighted by molar-refractivity contribution is 0.447. The topological polar surface area (TPSA) is 93.1 Å². The maximum Gasteiger partial charge on any atom is 0.223 e. The van der Waals surface area contributed by atoms with Gasteiger partial charge in [0.2, 0.25) is 5.95 Å². The number of rotatable bonds is 3. The van der Waals surface area contributed by atoms with Gasteiger partial charge in [-0.05, 0) is 37.2 Å². The van der Waals surface area contributed by atoms with Gasteiger partial charge >= 0.3 is 0 Å². The van der Waals surface area contributed by atoms with Gasteiger partial charge < -0.3 is 21.7 Å². The summed E-state index contributed by atoms with van der Waals surface area (Å²) in [4.78, 5) is 10.5. The molecule has 0 aliphatic carbocycles. The van der Waals surface area contributed by atoms with Crippen LogP contribution in [0.3, 0.4) is 0 Å². The Kier molecular flexibility index (Phi) is 3.58. The highest BCUT2D eigenvalue weighted by molar-refractivity contribution is 5.87. The zero-order chi connectivity index (χ0) is 15.9. The Labute approximate surface area is 128 Å². The number of anilines is 3. The fourth-order valence-corrected chi connectivity index (χ4v) is 2.71. The molecule has 1 saturated heterocycles. The molecule has 0 unspecified atom stereocenters. The molecule has 1 aliphatic rings. The van der Waals surface area contributed by atoms with Crippen molar-refractivity contribution in [2.75, 3.05) is 36.5 Å². The van der Waals surface area contributed by atoms with E-state index in [1.807, 2.05) is 14.0 Å². The van der Waals surface area contributed by atoms with Crippen LogP contribution >= 0.6 is 0 Å². The molecule has 6 nitrogen and oxygen atoms in total. The van der Waals surface area contributed by atoms with Crippen LogP contribution in [0, 0.1) is 12.7 Å². The van der Waals surface area contributed by atoms with Gasteiger partial charge in [0, 0.05) is 19.1 Å². The van der Waals surface area contributed by atoms with Crippen molar-refractivity contribution < 1.29 is 4.39 Å². The summed E-state index contributed by atoms with van der Waals surface area (Å²) in [6.45, 7) is 3.48. The van der Waals surface area contributed by atoms with Gasteiger partial charge in [0.05, 0.1) is 5.56 Å². The van der Waals surface area contributed by atoms with Crippen LogP contribution in [0.25, 0.3) is 11.1 Å². The number of benzene rings is 1. The number of aryl methyl sites for hydroxylation is 1. The Morgan fingerprint density at radius 3 is 2.64 bits per heavy atom. The van der Waals surface area contributed by atoms with E-state index in [9.17, 15) is 4.39 Å². The number of nitrogens with one attached hydrogen (secondary N) is 1. The normalized spacial score (nSPS) is 15.0. The summed E-state index contributed by atoms with van der Waals surface area (Å²) in [6, 6.07) is 5.00. The minimum atomic E-state index is -0.281. The van der Waals surface area contributed by atoms with Crippen LogP contribution in [-0.4, -0.2) is 36.1 Å². The fourth-order valence-electron chi connectivity index (χ4n) is 2.71. The Bertz CT molecular complexity index is 711. The van der Waals surface area contributed by atoms with E-state index in [1.54, 1.807) is 6.07 Å². The van der Waals surface area contributed by atoms with Crippen molar-refractivity contribution in [3.63, 3.8) is 0 Å². The zero-order valence-corrected chi connectivity index (χ0v) is 12.6. The summed E-state index contributed by atoms with van der Waals surface area (Å²) >= 11 is 0. The van der Waals surface area contributed by atoms with Gasteiger partial charge in [-0.1, -0.05) is 6.07 Å². The molecule has 3 rings (SSSR count). The number of likely N-dealkylation sites (N-methyl/N-ethyl adjacent to an activating group) is 1. The molecule has 1 aromatic carbocycles. The van der Waals surface area contributed by atoms with Gasteiger partial charge in [-0.3, -0.25) is 0 Å². The predicted molar refractivity (Wildman–Crippen MR) is 86.0 cm³/mol. The lowest BCUT2D eigenvalue weighted by atomic mass is 9.99. The molecular formula is C15H19FN6. The van der Waals surface area contributed by atoms with E-state index in [1.165, 1.54) is 12.1 Å². The lowest BCUT2D eigenvalue weighted by Crippen LogP contribution is -2.57. The summed E-state index contributed by atoms with van der Waals surface area (Å²) in [5, 5.41) is 3.21. The minimum Gasteiger partial charge on any atom is -0.383 e. The molecule has 22 heavy (non-hydrogen) atoms. The molecule has 0 amide bonds. The van der Waals surface area contributed by atoms with E-state index in [2.05, 4.69) is 20.2 Å². The van der Waals surface area contributed by atoms with Crippen LogP contribution in [0.15, 0.2) is 18.2 Å². The van der Waals surface area contributed by atoms with Crippen LogP contribution < -0.4 is 21.7 Å². The summed E-state index contributed by atoms with van der Waals surface area (Å²) in [5.41, 5.74) is 14.1. The maximum atomic E-state index is 13.4. The lowest BCUT2D eigenvalue weighted by Gasteiger charge is -2.41. The molecule has 0 radical (unpaired) electrons. The average molecular weight is 302 g/mol. The number of nitrogen functional groups attached to an aromatic ring is 2.